The molecule has 110 valence electrons. The number of rotatable bonds is 4. The van der Waals surface area contributed by atoms with Crippen LogP contribution in [0.5, 0.6) is 0 Å². The van der Waals surface area contributed by atoms with Crippen LogP contribution in [-0.2, 0) is 0 Å². The molecule has 1 atom stereocenters. The smallest absolute Gasteiger partial charge is 0.251 e. The minimum Gasteiger partial charge on any atom is -0.398 e. The van der Waals surface area contributed by atoms with Gasteiger partial charge in [0, 0.05) is 22.3 Å². The molecule has 0 aliphatic rings. The first-order chi connectivity index (χ1) is 9.99. The van der Waals surface area contributed by atoms with E-state index in [4.69, 9.17) is 5.73 Å². The Hall–Kier alpha value is -1.81. The van der Waals surface area contributed by atoms with Gasteiger partial charge in [0.05, 0.1) is 0 Å². The number of carbonyl (C=O) groups is 1. The summed E-state index contributed by atoms with van der Waals surface area (Å²) >= 11 is 3.37. The largest absolute Gasteiger partial charge is 0.398 e. The summed E-state index contributed by atoms with van der Waals surface area (Å²) in [5.74, 6) is 0.170. The van der Waals surface area contributed by atoms with Crippen LogP contribution in [0.25, 0.3) is 0 Å². The standard InChI is InChI=1S/C17H19BrN2O/c1-11(13-6-4-3-5-7-13)10-20-17(21)15-8-14(18)9-16(19)12(15)2/h3-9,11H,10,19H2,1-2H3,(H,20,21). The zero-order valence-corrected chi connectivity index (χ0v) is 13.8. The third kappa shape index (κ3) is 3.85. The molecule has 3 N–H and O–H groups in total. The highest BCUT2D eigenvalue weighted by Crippen LogP contribution is 2.23. The van der Waals surface area contributed by atoms with E-state index in [-0.39, 0.29) is 11.8 Å². The number of anilines is 1. The molecule has 0 fully saturated rings. The third-order valence-corrected chi connectivity index (χ3v) is 4.05. The van der Waals surface area contributed by atoms with Crippen molar-refractivity contribution >= 4 is 27.5 Å². The zero-order chi connectivity index (χ0) is 15.4. The molecule has 0 spiro atoms. The van der Waals surface area contributed by atoms with Gasteiger partial charge in [0.25, 0.3) is 5.91 Å². The Balaban J connectivity index is 2.06. The van der Waals surface area contributed by atoms with Gasteiger partial charge < -0.3 is 11.1 Å². The van der Waals surface area contributed by atoms with Crippen LogP contribution < -0.4 is 11.1 Å². The van der Waals surface area contributed by atoms with Crippen molar-refractivity contribution in [2.24, 2.45) is 0 Å². The van der Waals surface area contributed by atoms with E-state index in [1.807, 2.05) is 25.1 Å². The number of benzene rings is 2. The maximum Gasteiger partial charge on any atom is 0.251 e. The van der Waals surface area contributed by atoms with Crippen LogP contribution in [0.15, 0.2) is 46.9 Å². The minimum atomic E-state index is -0.0942. The van der Waals surface area contributed by atoms with Crippen LogP contribution in [0.4, 0.5) is 5.69 Å². The van der Waals surface area contributed by atoms with Gasteiger partial charge in [-0.3, -0.25) is 4.79 Å². The van der Waals surface area contributed by atoms with Gasteiger partial charge in [-0.25, -0.2) is 0 Å². The summed E-state index contributed by atoms with van der Waals surface area (Å²) in [6.07, 6.45) is 0. The summed E-state index contributed by atoms with van der Waals surface area (Å²) in [7, 11) is 0. The average Bonchev–Trinajstić information content (AvgIpc) is 2.49. The third-order valence-electron chi connectivity index (χ3n) is 3.59. The molecule has 1 amide bonds. The first kappa shape index (κ1) is 15.6. The summed E-state index contributed by atoms with van der Waals surface area (Å²) in [6, 6.07) is 13.7. The van der Waals surface area contributed by atoms with E-state index < -0.39 is 0 Å². The van der Waals surface area contributed by atoms with Gasteiger partial charge in [-0.1, -0.05) is 53.2 Å². The number of halogens is 1. The van der Waals surface area contributed by atoms with Gasteiger partial charge in [-0.05, 0) is 36.1 Å². The van der Waals surface area contributed by atoms with Crippen LogP contribution in [-0.4, -0.2) is 12.5 Å². The predicted molar refractivity (Wildman–Crippen MR) is 90.5 cm³/mol. The molecule has 3 nitrogen and oxygen atoms in total. The Bertz CT molecular complexity index is 641. The van der Waals surface area contributed by atoms with Crippen molar-refractivity contribution in [3.63, 3.8) is 0 Å². The fraction of sp³-hybridized carbons (Fsp3) is 0.235. The predicted octanol–water partition coefficient (Wildman–Crippen LogP) is 3.87. The number of hydrogen-bond acceptors (Lipinski definition) is 2. The molecular weight excluding hydrogens is 328 g/mol. The average molecular weight is 347 g/mol. The van der Waals surface area contributed by atoms with Crippen molar-refractivity contribution in [2.75, 3.05) is 12.3 Å². The van der Waals surface area contributed by atoms with E-state index in [1.54, 1.807) is 12.1 Å². The number of nitrogens with two attached hydrogens (primary N) is 1. The van der Waals surface area contributed by atoms with Crippen LogP contribution in [0.3, 0.4) is 0 Å². The second-order valence-corrected chi connectivity index (χ2v) is 6.11. The number of carbonyl (C=O) groups excluding carboxylic acids is 1. The van der Waals surface area contributed by atoms with Crippen molar-refractivity contribution in [1.29, 1.82) is 0 Å². The van der Waals surface area contributed by atoms with Gasteiger partial charge in [-0.2, -0.15) is 0 Å². The van der Waals surface area contributed by atoms with Crippen molar-refractivity contribution < 1.29 is 4.79 Å². The molecule has 1 unspecified atom stereocenters. The van der Waals surface area contributed by atoms with Crippen LogP contribution in [0, 0.1) is 6.92 Å². The normalized spacial score (nSPS) is 12.0. The molecule has 4 heteroatoms. The lowest BCUT2D eigenvalue weighted by Gasteiger charge is -2.14. The molecule has 0 aliphatic heterocycles. The molecule has 0 saturated heterocycles. The molecule has 2 rings (SSSR count). The zero-order valence-electron chi connectivity index (χ0n) is 12.2. The van der Waals surface area contributed by atoms with Gasteiger partial charge >= 0.3 is 0 Å². The molecule has 0 bridgehead atoms. The lowest BCUT2D eigenvalue weighted by Crippen LogP contribution is -2.28. The van der Waals surface area contributed by atoms with Crippen molar-refractivity contribution in [3.05, 3.63) is 63.6 Å². The lowest BCUT2D eigenvalue weighted by molar-refractivity contribution is 0.0951. The summed E-state index contributed by atoms with van der Waals surface area (Å²) in [5, 5.41) is 2.98. The molecule has 0 aromatic heterocycles. The fourth-order valence-corrected chi connectivity index (χ4v) is 2.65. The van der Waals surface area contributed by atoms with E-state index in [0.717, 1.165) is 10.0 Å². The summed E-state index contributed by atoms with van der Waals surface area (Å²) in [6.45, 7) is 4.55. The molecular formula is C17H19BrN2O. The Morgan fingerprint density at radius 2 is 1.95 bits per heavy atom. The van der Waals surface area contributed by atoms with E-state index in [0.29, 0.717) is 17.8 Å². The monoisotopic (exact) mass is 346 g/mol. The maximum absolute atomic E-state index is 12.3. The highest BCUT2D eigenvalue weighted by atomic mass is 79.9. The van der Waals surface area contributed by atoms with Crippen LogP contribution in [0.1, 0.15) is 34.3 Å². The SMILES string of the molecule is Cc1c(N)cc(Br)cc1C(=O)NCC(C)c1ccccc1. The Morgan fingerprint density at radius 3 is 2.62 bits per heavy atom. The summed E-state index contributed by atoms with van der Waals surface area (Å²) < 4.78 is 0.812. The van der Waals surface area contributed by atoms with Crippen molar-refractivity contribution in [1.82, 2.24) is 5.32 Å². The molecule has 0 aliphatic carbocycles. The first-order valence-corrected chi connectivity index (χ1v) is 7.67. The van der Waals surface area contributed by atoms with Gasteiger partial charge in [0.2, 0.25) is 0 Å². The summed E-state index contributed by atoms with van der Waals surface area (Å²) in [5.41, 5.74) is 9.15. The molecule has 2 aromatic carbocycles. The van der Waals surface area contributed by atoms with E-state index in [2.05, 4.69) is 40.3 Å². The Morgan fingerprint density at radius 1 is 1.29 bits per heavy atom. The first-order valence-electron chi connectivity index (χ1n) is 6.87. The van der Waals surface area contributed by atoms with Gasteiger partial charge in [0.1, 0.15) is 0 Å². The number of amides is 1. The Kier molecular flexibility index (Phi) is 5.02. The maximum atomic E-state index is 12.3. The van der Waals surface area contributed by atoms with Crippen LogP contribution in [0.2, 0.25) is 0 Å². The van der Waals surface area contributed by atoms with Crippen LogP contribution >= 0.6 is 15.9 Å². The molecule has 0 heterocycles. The molecule has 21 heavy (non-hydrogen) atoms. The summed E-state index contributed by atoms with van der Waals surface area (Å²) in [4.78, 5) is 12.3. The fourth-order valence-electron chi connectivity index (χ4n) is 2.18. The highest BCUT2D eigenvalue weighted by molar-refractivity contribution is 9.10. The van der Waals surface area contributed by atoms with Crippen molar-refractivity contribution in [3.8, 4) is 0 Å². The second-order valence-electron chi connectivity index (χ2n) is 5.19. The lowest BCUT2D eigenvalue weighted by atomic mass is 10.0. The van der Waals surface area contributed by atoms with E-state index in [1.165, 1.54) is 5.56 Å². The topological polar surface area (TPSA) is 55.1 Å². The quantitative estimate of drug-likeness (QED) is 0.825. The molecule has 0 saturated carbocycles. The van der Waals surface area contributed by atoms with E-state index >= 15 is 0 Å². The van der Waals surface area contributed by atoms with Gasteiger partial charge in [-0.15, -0.1) is 0 Å². The van der Waals surface area contributed by atoms with Gasteiger partial charge in [0.15, 0.2) is 0 Å². The van der Waals surface area contributed by atoms with E-state index in [9.17, 15) is 4.79 Å². The molecule has 2 aromatic rings. The molecule has 0 radical (unpaired) electrons. The number of hydrogen-bond donors (Lipinski definition) is 2. The number of nitrogen functional groups attached to an aromatic ring is 1. The Labute approximate surface area is 133 Å². The minimum absolute atomic E-state index is 0.0942. The second kappa shape index (κ2) is 6.76. The van der Waals surface area contributed by atoms with Crippen molar-refractivity contribution in [2.45, 2.75) is 19.8 Å². The number of nitrogens with one attached hydrogen (secondary N) is 1. The highest BCUT2D eigenvalue weighted by Gasteiger charge is 2.13.